The molecule has 10 heteroatoms. The summed E-state index contributed by atoms with van der Waals surface area (Å²) in [5.41, 5.74) is 2.06. The molecule has 0 aliphatic carbocycles. The Labute approximate surface area is 202 Å². The number of rotatable bonds is 9. The van der Waals surface area contributed by atoms with Crippen LogP contribution in [0.25, 0.3) is 17.1 Å². The van der Waals surface area contributed by atoms with Crippen LogP contribution in [0.5, 0.6) is 0 Å². The largest absolute Gasteiger partial charge is 0.466 e. The maximum Gasteiger partial charge on any atom is 0.305 e. The molecular formula is C24H29N5O4S. The van der Waals surface area contributed by atoms with Gasteiger partial charge in [0.15, 0.2) is 11.0 Å². The molecular weight excluding hydrogens is 454 g/mol. The zero-order chi connectivity index (χ0) is 23.9. The van der Waals surface area contributed by atoms with Crippen LogP contribution in [0.15, 0.2) is 40.3 Å². The molecule has 0 fully saturated rings. The average Bonchev–Trinajstić information content (AvgIpc) is 3.00. The summed E-state index contributed by atoms with van der Waals surface area (Å²) in [6.07, 6.45) is 4.68. The standard InChI is InChI=1S/C24H29N5O4S/c1-2-33-20(31)13-9-14-25-19(30)16-34-24-26-22-21(18-12-7-4-8-15-28(18)24)23(32)29(27-22)17-10-5-3-6-11-17/h3,5-6,10-11H,2,4,7-9,12-16H2,1H3,(H,25,30). The van der Waals surface area contributed by atoms with E-state index in [0.717, 1.165) is 37.9 Å². The van der Waals surface area contributed by atoms with E-state index in [2.05, 4.69) is 15.0 Å². The first kappa shape index (κ1) is 24.0. The lowest BCUT2D eigenvalue weighted by molar-refractivity contribution is -0.143. The predicted octanol–water partition coefficient (Wildman–Crippen LogP) is 2.81. The van der Waals surface area contributed by atoms with Crippen LogP contribution < -0.4 is 10.9 Å². The number of ether oxygens (including phenoxy) is 1. The molecule has 1 aromatic carbocycles. The number of thioether (sulfide) groups is 1. The van der Waals surface area contributed by atoms with Crippen LogP contribution in [0, 0.1) is 0 Å². The van der Waals surface area contributed by atoms with Crippen molar-refractivity contribution in [3.63, 3.8) is 0 Å². The summed E-state index contributed by atoms with van der Waals surface area (Å²) in [5, 5.41) is 8.06. The predicted molar refractivity (Wildman–Crippen MR) is 129 cm³/mol. The lowest BCUT2D eigenvalue weighted by Crippen LogP contribution is -2.27. The number of fused-ring (bicyclic) bond motifs is 3. The Kier molecular flexibility index (Phi) is 7.99. The van der Waals surface area contributed by atoms with Gasteiger partial charge in [-0.3, -0.25) is 14.4 Å². The van der Waals surface area contributed by atoms with Gasteiger partial charge in [-0.1, -0.05) is 36.4 Å². The van der Waals surface area contributed by atoms with Gasteiger partial charge in [0.25, 0.3) is 5.56 Å². The van der Waals surface area contributed by atoms with Crippen molar-refractivity contribution in [1.29, 1.82) is 0 Å². The van der Waals surface area contributed by atoms with Crippen LogP contribution in [0.3, 0.4) is 0 Å². The highest BCUT2D eigenvalue weighted by atomic mass is 32.2. The SMILES string of the molecule is CCOC(=O)CCCNC(=O)CSc1nc2nn(-c3ccccc3)c(=O)c-2c2n1CCCCC2. The summed E-state index contributed by atoms with van der Waals surface area (Å²) in [5.74, 6) is 0.230. The van der Waals surface area contributed by atoms with E-state index < -0.39 is 0 Å². The van der Waals surface area contributed by atoms with Crippen molar-refractivity contribution in [2.45, 2.75) is 57.1 Å². The van der Waals surface area contributed by atoms with E-state index in [-0.39, 0.29) is 29.6 Å². The fourth-order valence-corrected chi connectivity index (χ4v) is 4.95. The van der Waals surface area contributed by atoms with Crippen LogP contribution in [0.2, 0.25) is 0 Å². The van der Waals surface area contributed by atoms with Crippen LogP contribution in [-0.4, -0.2) is 50.1 Å². The van der Waals surface area contributed by atoms with Crippen molar-refractivity contribution in [3.8, 4) is 17.1 Å². The van der Waals surface area contributed by atoms with Crippen LogP contribution in [0.1, 0.15) is 44.7 Å². The third-order valence-corrected chi connectivity index (χ3v) is 6.66. The van der Waals surface area contributed by atoms with E-state index >= 15 is 0 Å². The maximum absolute atomic E-state index is 13.3. The molecule has 34 heavy (non-hydrogen) atoms. The highest BCUT2D eigenvalue weighted by Crippen LogP contribution is 2.30. The van der Waals surface area contributed by atoms with Gasteiger partial charge >= 0.3 is 5.97 Å². The summed E-state index contributed by atoms with van der Waals surface area (Å²) in [6.45, 7) is 3.30. The molecule has 4 rings (SSSR count). The molecule has 0 bridgehead atoms. The second-order valence-corrected chi connectivity index (χ2v) is 9.04. The van der Waals surface area contributed by atoms with E-state index in [9.17, 15) is 14.4 Å². The molecule has 3 aliphatic rings. The summed E-state index contributed by atoms with van der Waals surface area (Å²) < 4.78 is 8.39. The number of para-hydroxylation sites is 1. The van der Waals surface area contributed by atoms with Crippen LogP contribution >= 0.6 is 11.8 Å². The van der Waals surface area contributed by atoms with Gasteiger partial charge in [0, 0.05) is 25.2 Å². The molecule has 9 nitrogen and oxygen atoms in total. The monoisotopic (exact) mass is 483 g/mol. The normalized spacial score (nSPS) is 13.3. The lowest BCUT2D eigenvalue weighted by atomic mass is 10.1. The third-order valence-electron chi connectivity index (χ3n) is 5.69. The van der Waals surface area contributed by atoms with Crippen molar-refractivity contribution in [2.24, 2.45) is 0 Å². The molecule has 0 saturated heterocycles. The van der Waals surface area contributed by atoms with Crippen LogP contribution in [0.4, 0.5) is 0 Å². The highest BCUT2D eigenvalue weighted by molar-refractivity contribution is 7.99. The fraction of sp³-hybridized carbons (Fsp3) is 0.458. The Morgan fingerprint density at radius 3 is 2.79 bits per heavy atom. The molecule has 1 aromatic rings. The zero-order valence-electron chi connectivity index (χ0n) is 19.3. The molecule has 0 spiro atoms. The second-order valence-electron chi connectivity index (χ2n) is 8.10. The number of nitrogens with zero attached hydrogens (tertiary/aromatic N) is 4. The number of benzene rings is 1. The van der Waals surface area contributed by atoms with Gasteiger partial charge in [-0.05, 0) is 44.7 Å². The third kappa shape index (κ3) is 5.49. The van der Waals surface area contributed by atoms with E-state index in [1.165, 1.54) is 16.4 Å². The maximum atomic E-state index is 13.3. The molecule has 3 heterocycles. The van der Waals surface area contributed by atoms with Gasteiger partial charge in [-0.25, -0.2) is 4.98 Å². The summed E-state index contributed by atoms with van der Waals surface area (Å²) >= 11 is 1.35. The quantitative estimate of drug-likeness (QED) is 0.216. The number of hydrogen-bond acceptors (Lipinski definition) is 7. The van der Waals surface area contributed by atoms with Crippen molar-refractivity contribution >= 4 is 23.6 Å². The van der Waals surface area contributed by atoms with Crippen molar-refractivity contribution in [1.82, 2.24) is 24.6 Å². The number of aromatic nitrogens is 4. The van der Waals surface area contributed by atoms with Crippen LogP contribution in [-0.2, 0) is 27.3 Å². The minimum Gasteiger partial charge on any atom is -0.466 e. The minimum absolute atomic E-state index is 0.127. The van der Waals surface area contributed by atoms with Crippen molar-refractivity contribution < 1.29 is 14.3 Å². The van der Waals surface area contributed by atoms with Crippen molar-refractivity contribution in [3.05, 3.63) is 46.4 Å². The molecule has 0 radical (unpaired) electrons. The molecule has 0 unspecified atom stereocenters. The van der Waals surface area contributed by atoms with E-state index in [0.29, 0.717) is 41.8 Å². The van der Waals surface area contributed by atoms with E-state index in [1.54, 1.807) is 6.92 Å². The number of hydrogen-bond donors (Lipinski definition) is 1. The van der Waals surface area contributed by atoms with Gasteiger partial charge < -0.3 is 14.6 Å². The lowest BCUT2D eigenvalue weighted by Gasteiger charge is -2.17. The number of carbonyl (C=O) groups is 2. The molecule has 3 aliphatic heterocycles. The minimum atomic E-state index is -0.254. The Bertz CT molecular complexity index is 1170. The molecule has 180 valence electrons. The fourth-order valence-electron chi connectivity index (χ4n) is 4.08. The van der Waals surface area contributed by atoms with E-state index in [4.69, 9.17) is 9.72 Å². The Balaban J connectivity index is 1.52. The smallest absolute Gasteiger partial charge is 0.305 e. The van der Waals surface area contributed by atoms with E-state index in [1.807, 2.05) is 30.3 Å². The number of esters is 1. The number of nitrogens with one attached hydrogen (secondary N) is 1. The highest BCUT2D eigenvalue weighted by Gasteiger charge is 2.27. The Morgan fingerprint density at radius 1 is 1.18 bits per heavy atom. The van der Waals surface area contributed by atoms with Gasteiger partial charge in [-0.2, -0.15) is 4.68 Å². The van der Waals surface area contributed by atoms with Gasteiger partial charge in [-0.15, -0.1) is 5.10 Å². The zero-order valence-corrected chi connectivity index (χ0v) is 20.1. The van der Waals surface area contributed by atoms with Gasteiger partial charge in [0.1, 0.15) is 5.56 Å². The van der Waals surface area contributed by atoms with Crippen molar-refractivity contribution in [2.75, 3.05) is 18.9 Å². The first-order valence-corrected chi connectivity index (χ1v) is 12.7. The molecule has 0 saturated carbocycles. The Morgan fingerprint density at radius 2 is 2.00 bits per heavy atom. The summed E-state index contributed by atoms with van der Waals surface area (Å²) in [6, 6.07) is 9.34. The number of carbonyl (C=O) groups excluding carboxylic acids is 2. The first-order valence-electron chi connectivity index (χ1n) is 11.7. The second kappa shape index (κ2) is 11.3. The molecule has 0 atom stereocenters. The first-order chi connectivity index (χ1) is 16.6. The summed E-state index contributed by atoms with van der Waals surface area (Å²) in [7, 11) is 0. The van der Waals surface area contributed by atoms with Gasteiger partial charge in [0.2, 0.25) is 5.91 Å². The molecule has 1 amide bonds. The molecule has 1 N–H and O–H groups in total. The average molecular weight is 484 g/mol. The van der Waals surface area contributed by atoms with Gasteiger partial charge in [0.05, 0.1) is 18.0 Å². The summed E-state index contributed by atoms with van der Waals surface area (Å²) in [4.78, 5) is 41.8. The molecule has 0 aromatic heterocycles. The topological polar surface area (TPSA) is 108 Å². The number of amides is 1. The Hall–Kier alpha value is -3.14.